The molecule has 0 heterocycles. The molecule has 0 aromatic rings. The number of hydrogen-bond acceptors (Lipinski definition) is 1. The first-order valence-electron chi connectivity index (χ1n) is 3.83. The summed E-state index contributed by atoms with van der Waals surface area (Å²) < 4.78 is 5.11. The standard InChI is InChI=1S/C10H14O/c1-8(2)9-4-6-10(11-3)7-5-9/h4,6H,1,5,7H2,2-3H3. The number of allylic oxidation sites excluding steroid dienone is 5. The predicted molar refractivity (Wildman–Crippen MR) is 47.2 cm³/mol. The van der Waals surface area contributed by atoms with Crippen molar-refractivity contribution in [2.24, 2.45) is 0 Å². The maximum Gasteiger partial charge on any atom is 0.0958 e. The molecule has 0 saturated heterocycles. The normalized spacial score (nSPS) is 16.9. The Morgan fingerprint density at radius 2 is 2.18 bits per heavy atom. The fourth-order valence-corrected chi connectivity index (χ4v) is 1.14. The van der Waals surface area contributed by atoms with Crippen LogP contribution in [0.25, 0.3) is 0 Å². The van der Waals surface area contributed by atoms with E-state index in [-0.39, 0.29) is 0 Å². The van der Waals surface area contributed by atoms with Crippen LogP contribution in [0.1, 0.15) is 19.8 Å². The average Bonchev–Trinajstić information content (AvgIpc) is 2.05. The highest BCUT2D eigenvalue weighted by atomic mass is 16.5. The van der Waals surface area contributed by atoms with Crippen LogP contribution in [0.3, 0.4) is 0 Å². The highest BCUT2D eigenvalue weighted by Crippen LogP contribution is 2.22. The van der Waals surface area contributed by atoms with Crippen LogP contribution in [-0.4, -0.2) is 7.11 Å². The highest BCUT2D eigenvalue weighted by Gasteiger charge is 2.05. The lowest BCUT2D eigenvalue weighted by molar-refractivity contribution is 0.276. The number of rotatable bonds is 2. The molecule has 0 fully saturated rings. The summed E-state index contributed by atoms with van der Waals surface area (Å²) in [6.07, 6.45) is 6.18. The van der Waals surface area contributed by atoms with Crippen LogP contribution in [0, 0.1) is 0 Å². The molecule has 1 aliphatic rings. The van der Waals surface area contributed by atoms with Crippen LogP contribution >= 0.6 is 0 Å². The maximum absolute atomic E-state index is 5.11. The van der Waals surface area contributed by atoms with Crippen molar-refractivity contribution in [3.63, 3.8) is 0 Å². The van der Waals surface area contributed by atoms with Crippen molar-refractivity contribution in [3.8, 4) is 0 Å². The molecule has 60 valence electrons. The van der Waals surface area contributed by atoms with Crippen molar-refractivity contribution in [2.75, 3.05) is 7.11 Å². The SMILES string of the molecule is C=C(C)C1=CC=C(OC)CC1. The van der Waals surface area contributed by atoms with E-state index >= 15 is 0 Å². The Morgan fingerprint density at radius 3 is 2.55 bits per heavy atom. The predicted octanol–water partition coefficient (Wildman–Crippen LogP) is 2.81. The van der Waals surface area contributed by atoms with Crippen molar-refractivity contribution < 1.29 is 4.74 Å². The molecule has 1 heteroatoms. The van der Waals surface area contributed by atoms with Gasteiger partial charge in [-0.25, -0.2) is 0 Å². The molecular weight excluding hydrogens is 136 g/mol. The Morgan fingerprint density at radius 1 is 1.45 bits per heavy atom. The molecule has 0 saturated carbocycles. The first-order chi connectivity index (χ1) is 5.24. The van der Waals surface area contributed by atoms with E-state index < -0.39 is 0 Å². The summed E-state index contributed by atoms with van der Waals surface area (Å²) >= 11 is 0. The second kappa shape index (κ2) is 3.42. The molecule has 0 aromatic heterocycles. The van der Waals surface area contributed by atoms with Gasteiger partial charge >= 0.3 is 0 Å². The van der Waals surface area contributed by atoms with Gasteiger partial charge in [-0.2, -0.15) is 0 Å². The van der Waals surface area contributed by atoms with Crippen LogP contribution in [-0.2, 0) is 4.74 Å². The molecule has 1 nitrogen and oxygen atoms in total. The van der Waals surface area contributed by atoms with Gasteiger partial charge in [0.1, 0.15) is 0 Å². The number of hydrogen-bond donors (Lipinski definition) is 0. The van der Waals surface area contributed by atoms with E-state index in [9.17, 15) is 0 Å². The zero-order valence-corrected chi connectivity index (χ0v) is 7.18. The van der Waals surface area contributed by atoms with Crippen LogP contribution in [0.5, 0.6) is 0 Å². The van der Waals surface area contributed by atoms with E-state index in [1.54, 1.807) is 7.11 Å². The van der Waals surface area contributed by atoms with E-state index in [4.69, 9.17) is 4.74 Å². The third-order valence-corrected chi connectivity index (χ3v) is 1.92. The van der Waals surface area contributed by atoms with Gasteiger partial charge in [-0.15, -0.1) is 0 Å². The Bertz CT molecular complexity index is 221. The molecule has 0 spiro atoms. The van der Waals surface area contributed by atoms with Gasteiger partial charge in [-0.3, -0.25) is 0 Å². The lowest BCUT2D eigenvalue weighted by Gasteiger charge is -2.13. The van der Waals surface area contributed by atoms with Crippen molar-refractivity contribution in [1.29, 1.82) is 0 Å². The quantitative estimate of drug-likeness (QED) is 0.588. The van der Waals surface area contributed by atoms with E-state index in [0.29, 0.717) is 0 Å². The summed E-state index contributed by atoms with van der Waals surface area (Å²) in [5.41, 5.74) is 2.50. The Hall–Kier alpha value is -0.980. The van der Waals surface area contributed by atoms with Crippen molar-refractivity contribution in [3.05, 3.63) is 35.6 Å². The molecule has 0 bridgehead atoms. The molecule has 0 aromatic carbocycles. The second-order valence-corrected chi connectivity index (χ2v) is 2.81. The molecule has 0 unspecified atom stereocenters. The molecule has 1 rings (SSSR count). The molecule has 1 aliphatic carbocycles. The largest absolute Gasteiger partial charge is 0.501 e. The van der Waals surface area contributed by atoms with E-state index in [0.717, 1.165) is 24.2 Å². The van der Waals surface area contributed by atoms with Gasteiger partial charge in [0.15, 0.2) is 0 Å². The van der Waals surface area contributed by atoms with Gasteiger partial charge in [0, 0.05) is 6.42 Å². The fraction of sp³-hybridized carbons (Fsp3) is 0.400. The lowest BCUT2D eigenvalue weighted by Crippen LogP contribution is -1.95. The summed E-state index contributed by atoms with van der Waals surface area (Å²) in [7, 11) is 1.71. The third kappa shape index (κ3) is 1.97. The molecule has 0 amide bonds. The highest BCUT2D eigenvalue weighted by molar-refractivity contribution is 5.33. The van der Waals surface area contributed by atoms with Gasteiger partial charge in [0.05, 0.1) is 12.9 Å². The topological polar surface area (TPSA) is 9.23 Å². The summed E-state index contributed by atoms with van der Waals surface area (Å²) in [4.78, 5) is 0. The van der Waals surface area contributed by atoms with Crippen molar-refractivity contribution >= 4 is 0 Å². The first-order valence-corrected chi connectivity index (χ1v) is 3.83. The Balaban J connectivity index is 2.69. The van der Waals surface area contributed by atoms with Crippen LogP contribution in [0.4, 0.5) is 0 Å². The van der Waals surface area contributed by atoms with E-state index in [2.05, 4.69) is 12.7 Å². The van der Waals surface area contributed by atoms with Crippen molar-refractivity contribution in [2.45, 2.75) is 19.8 Å². The third-order valence-electron chi connectivity index (χ3n) is 1.92. The zero-order chi connectivity index (χ0) is 8.27. The second-order valence-electron chi connectivity index (χ2n) is 2.81. The minimum atomic E-state index is 1.01. The molecular formula is C10H14O. The smallest absolute Gasteiger partial charge is 0.0958 e. The van der Waals surface area contributed by atoms with E-state index in [1.807, 2.05) is 13.0 Å². The van der Waals surface area contributed by atoms with E-state index in [1.165, 1.54) is 5.57 Å². The van der Waals surface area contributed by atoms with Gasteiger partial charge in [-0.1, -0.05) is 18.2 Å². The minimum absolute atomic E-state index is 1.01. The summed E-state index contributed by atoms with van der Waals surface area (Å²) in [5.74, 6) is 1.06. The van der Waals surface area contributed by atoms with Gasteiger partial charge in [0.2, 0.25) is 0 Å². The molecule has 0 N–H and O–H groups in total. The van der Waals surface area contributed by atoms with Crippen LogP contribution < -0.4 is 0 Å². The number of ether oxygens (including phenoxy) is 1. The molecule has 0 radical (unpaired) electrons. The van der Waals surface area contributed by atoms with Crippen LogP contribution in [0.15, 0.2) is 35.6 Å². The Labute approximate surface area is 68.1 Å². The average molecular weight is 150 g/mol. The maximum atomic E-state index is 5.11. The van der Waals surface area contributed by atoms with Crippen molar-refractivity contribution in [1.82, 2.24) is 0 Å². The van der Waals surface area contributed by atoms with Gasteiger partial charge < -0.3 is 4.74 Å². The van der Waals surface area contributed by atoms with Crippen LogP contribution in [0.2, 0.25) is 0 Å². The molecule has 0 atom stereocenters. The zero-order valence-electron chi connectivity index (χ0n) is 7.18. The first kappa shape index (κ1) is 8.12. The molecule has 11 heavy (non-hydrogen) atoms. The summed E-state index contributed by atoms with van der Waals surface area (Å²) in [5, 5.41) is 0. The minimum Gasteiger partial charge on any atom is -0.501 e. The Kier molecular flexibility index (Phi) is 2.53. The van der Waals surface area contributed by atoms with Gasteiger partial charge in [-0.05, 0) is 25.0 Å². The monoisotopic (exact) mass is 150 g/mol. The lowest BCUT2D eigenvalue weighted by atomic mass is 9.99. The fourth-order valence-electron chi connectivity index (χ4n) is 1.14. The number of methoxy groups -OCH3 is 1. The summed E-state index contributed by atoms with van der Waals surface area (Å²) in [6, 6.07) is 0. The molecule has 0 aliphatic heterocycles. The summed E-state index contributed by atoms with van der Waals surface area (Å²) in [6.45, 7) is 5.93. The van der Waals surface area contributed by atoms with Gasteiger partial charge in [0.25, 0.3) is 0 Å².